The standard InChI is InChI=1S/C19H27N3O3/c23-17(11-14-5-2-1-3-6-14)22-10-4-9-19(24,13-22)12-16-20-18(21-25-16)15-7-8-15/h5,15,24H,1-4,6-13H2. The first-order valence-corrected chi connectivity index (χ1v) is 9.62. The van der Waals surface area contributed by atoms with Crippen molar-refractivity contribution in [2.24, 2.45) is 0 Å². The number of β-amino-alcohol motifs (C(OH)–C–C–N with tert-alkyl or cyclic N) is 1. The summed E-state index contributed by atoms with van der Waals surface area (Å²) in [6.45, 7) is 1.09. The molecule has 1 aromatic rings. The monoisotopic (exact) mass is 345 g/mol. The van der Waals surface area contributed by atoms with Crippen LogP contribution in [0.5, 0.6) is 0 Å². The molecule has 1 N–H and O–H groups in total. The quantitative estimate of drug-likeness (QED) is 0.830. The minimum Gasteiger partial charge on any atom is -0.388 e. The van der Waals surface area contributed by atoms with E-state index in [-0.39, 0.29) is 5.91 Å². The van der Waals surface area contributed by atoms with Gasteiger partial charge in [-0.1, -0.05) is 16.8 Å². The van der Waals surface area contributed by atoms with Crippen LogP contribution in [0.25, 0.3) is 0 Å². The van der Waals surface area contributed by atoms with Crippen molar-refractivity contribution in [1.82, 2.24) is 15.0 Å². The van der Waals surface area contributed by atoms with E-state index in [2.05, 4.69) is 16.2 Å². The van der Waals surface area contributed by atoms with E-state index in [1.807, 2.05) is 4.90 Å². The van der Waals surface area contributed by atoms with Gasteiger partial charge in [-0.3, -0.25) is 4.79 Å². The number of aliphatic hydroxyl groups is 1. The van der Waals surface area contributed by atoms with Crippen molar-refractivity contribution in [3.63, 3.8) is 0 Å². The number of carbonyl (C=O) groups excluding carboxylic acids is 1. The van der Waals surface area contributed by atoms with Crippen LogP contribution in [0.1, 0.15) is 75.4 Å². The molecule has 6 nitrogen and oxygen atoms in total. The number of rotatable bonds is 5. The van der Waals surface area contributed by atoms with E-state index in [0.29, 0.717) is 37.6 Å². The maximum Gasteiger partial charge on any atom is 0.229 e. The molecule has 4 rings (SSSR count). The summed E-state index contributed by atoms with van der Waals surface area (Å²) in [5, 5.41) is 15.0. The topological polar surface area (TPSA) is 79.5 Å². The molecule has 2 heterocycles. The Kier molecular flexibility index (Phi) is 4.63. The summed E-state index contributed by atoms with van der Waals surface area (Å²) >= 11 is 0. The molecule has 0 aromatic carbocycles. The third-order valence-electron chi connectivity index (χ3n) is 5.58. The fraction of sp³-hybridized carbons (Fsp3) is 0.737. The van der Waals surface area contributed by atoms with Gasteiger partial charge >= 0.3 is 0 Å². The Morgan fingerprint density at radius 1 is 1.36 bits per heavy atom. The Balaban J connectivity index is 1.36. The van der Waals surface area contributed by atoms with Crippen LogP contribution < -0.4 is 0 Å². The average Bonchev–Trinajstić information content (AvgIpc) is 3.36. The zero-order valence-corrected chi connectivity index (χ0v) is 14.7. The number of hydrogen-bond donors (Lipinski definition) is 1. The first-order valence-electron chi connectivity index (χ1n) is 9.62. The van der Waals surface area contributed by atoms with E-state index >= 15 is 0 Å². The maximum atomic E-state index is 12.6. The van der Waals surface area contributed by atoms with Gasteiger partial charge in [-0.2, -0.15) is 4.98 Å². The highest BCUT2D eigenvalue weighted by Gasteiger charge is 2.38. The average molecular weight is 345 g/mol. The Labute approximate surface area is 148 Å². The number of hydrogen-bond acceptors (Lipinski definition) is 5. The molecule has 1 saturated heterocycles. The second kappa shape index (κ2) is 6.90. The summed E-state index contributed by atoms with van der Waals surface area (Å²) in [5.41, 5.74) is 0.304. The molecule has 1 atom stereocenters. The second-order valence-electron chi connectivity index (χ2n) is 7.93. The lowest BCUT2D eigenvalue weighted by Gasteiger charge is -2.38. The summed E-state index contributed by atoms with van der Waals surface area (Å²) in [5.74, 6) is 1.84. The van der Waals surface area contributed by atoms with E-state index in [9.17, 15) is 9.90 Å². The maximum absolute atomic E-state index is 12.6. The second-order valence-corrected chi connectivity index (χ2v) is 7.93. The van der Waals surface area contributed by atoms with Gasteiger partial charge in [0.25, 0.3) is 0 Å². The summed E-state index contributed by atoms with van der Waals surface area (Å²) < 4.78 is 5.32. The first kappa shape index (κ1) is 16.8. The molecule has 0 radical (unpaired) electrons. The van der Waals surface area contributed by atoms with Gasteiger partial charge in [-0.05, 0) is 51.4 Å². The molecular weight excluding hydrogens is 318 g/mol. The lowest BCUT2D eigenvalue weighted by Crippen LogP contribution is -2.51. The minimum absolute atomic E-state index is 0.135. The highest BCUT2D eigenvalue weighted by Crippen LogP contribution is 2.38. The molecule has 1 saturated carbocycles. The van der Waals surface area contributed by atoms with Crippen LogP contribution in [-0.4, -0.2) is 44.7 Å². The van der Waals surface area contributed by atoms with Crippen molar-refractivity contribution in [3.8, 4) is 0 Å². The molecule has 0 spiro atoms. The molecular formula is C19H27N3O3. The lowest BCUT2D eigenvalue weighted by molar-refractivity contribution is -0.137. The largest absolute Gasteiger partial charge is 0.388 e. The third-order valence-corrected chi connectivity index (χ3v) is 5.58. The molecule has 1 amide bonds. The van der Waals surface area contributed by atoms with E-state index in [4.69, 9.17) is 4.52 Å². The van der Waals surface area contributed by atoms with Crippen molar-refractivity contribution in [3.05, 3.63) is 23.4 Å². The number of amides is 1. The number of carbonyl (C=O) groups is 1. The number of likely N-dealkylation sites (tertiary alicyclic amines) is 1. The number of nitrogens with zero attached hydrogens (tertiary/aromatic N) is 3. The Hall–Kier alpha value is -1.69. The van der Waals surface area contributed by atoms with Crippen molar-refractivity contribution in [1.29, 1.82) is 0 Å². The highest BCUT2D eigenvalue weighted by molar-refractivity contribution is 5.79. The van der Waals surface area contributed by atoms with Crippen LogP contribution in [0.4, 0.5) is 0 Å². The van der Waals surface area contributed by atoms with Gasteiger partial charge in [0, 0.05) is 25.4 Å². The van der Waals surface area contributed by atoms with E-state index in [1.54, 1.807) is 0 Å². The summed E-state index contributed by atoms with van der Waals surface area (Å²) in [6, 6.07) is 0. The van der Waals surface area contributed by atoms with Gasteiger partial charge in [-0.15, -0.1) is 0 Å². The van der Waals surface area contributed by atoms with Crippen molar-refractivity contribution < 1.29 is 14.4 Å². The summed E-state index contributed by atoms with van der Waals surface area (Å²) in [7, 11) is 0. The van der Waals surface area contributed by atoms with Crippen LogP contribution in [0.15, 0.2) is 16.2 Å². The lowest BCUT2D eigenvalue weighted by atomic mass is 9.89. The van der Waals surface area contributed by atoms with Crippen molar-refractivity contribution in [2.45, 2.75) is 75.7 Å². The van der Waals surface area contributed by atoms with Gasteiger partial charge in [0.2, 0.25) is 11.8 Å². The summed E-state index contributed by atoms with van der Waals surface area (Å²) in [4.78, 5) is 18.9. The van der Waals surface area contributed by atoms with Crippen LogP contribution in [0.2, 0.25) is 0 Å². The van der Waals surface area contributed by atoms with Crippen molar-refractivity contribution >= 4 is 5.91 Å². The van der Waals surface area contributed by atoms with Gasteiger partial charge in [0.05, 0.1) is 12.0 Å². The predicted molar refractivity (Wildman–Crippen MR) is 91.9 cm³/mol. The van der Waals surface area contributed by atoms with E-state index < -0.39 is 5.60 Å². The Morgan fingerprint density at radius 2 is 2.24 bits per heavy atom. The van der Waals surface area contributed by atoms with E-state index in [0.717, 1.165) is 44.5 Å². The molecule has 2 fully saturated rings. The Bertz CT molecular complexity index is 665. The van der Waals surface area contributed by atoms with Crippen LogP contribution >= 0.6 is 0 Å². The smallest absolute Gasteiger partial charge is 0.229 e. The number of piperidine rings is 1. The zero-order chi connectivity index (χ0) is 17.3. The van der Waals surface area contributed by atoms with Gasteiger partial charge in [-0.25, -0.2) is 0 Å². The fourth-order valence-corrected chi connectivity index (χ4v) is 3.97. The molecule has 0 bridgehead atoms. The minimum atomic E-state index is -0.956. The fourth-order valence-electron chi connectivity index (χ4n) is 3.97. The van der Waals surface area contributed by atoms with Crippen LogP contribution in [0, 0.1) is 0 Å². The molecule has 3 aliphatic rings. The van der Waals surface area contributed by atoms with Crippen LogP contribution in [-0.2, 0) is 11.2 Å². The van der Waals surface area contributed by atoms with Gasteiger partial charge in [0.1, 0.15) is 0 Å². The molecule has 136 valence electrons. The molecule has 1 unspecified atom stereocenters. The van der Waals surface area contributed by atoms with Gasteiger partial charge in [0.15, 0.2) is 5.82 Å². The van der Waals surface area contributed by atoms with E-state index in [1.165, 1.54) is 18.4 Å². The van der Waals surface area contributed by atoms with Crippen molar-refractivity contribution in [2.75, 3.05) is 13.1 Å². The Morgan fingerprint density at radius 3 is 3.00 bits per heavy atom. The zero-order valence-electron chi connectivity index (χ0n) is 14.7. The molecule has 25 heavy (non-hydrogen) atoms. The van der Waals surface area contributed by atoms with Gasteiger partial charge < -0.3 is 14.5 Å². The van der Waals surface area contributed by atoms with Crippen LogP contribution in [0.3, 0.4) is 0 Å². The third kappa shape index (κ3) is 4.11. The molecule has 2 aliphatic carbocycles. The highest BCUT2D eigenvalue weighted by atomic mass is 16.5. The first-order chi connectivity index (χ1) is 12.1. The SMILES string of the molecule is O=C(CC1=CCCCC1)N1CCCC(O)(Cc2nc(C3CC3)no2)C1. The molecule has 1 aromatic heterocycles. The molecule has 6 heteroatoms. The predicted octanol–water partition coefficient (Wildman–Crippen LogP) is 2.73. The molecule has 1 aliphatic heterocycles. The summed E-state index contributed by atoms with van der Waals surface area (Å²) in [6.07, 6.45) is 11.3. The normalized spacial score (nSPS) is 27.2. The number of aromatic nitrogens is 2. The number of allylic oxidation sites excluding steroid dienone is 1.